The molecule has 2 heterocycles. The van der Waals surface area contributed by atoms with Crippen LogP contribution in [0.25, 0.3) is 6.08 Å². The van der Waals surface area contributed by atoms with Gasteiger partial charge in [0.15, 0.2) is 4.80 Å². The highest BCUT2D eigenvalue weighted by molar-refractivity contribution is 7.07. The van der Waals surface area contributed by atoms with Gasteiger partial charge in [0, 0.05) is 19.8 Å². The number of hydrogen-bond acceptors (Lipinski definition) is 7. The molecular formula is C26H27N3O4S. The summed E-state index contributed by atoms with van der Waals surface area (Å²) in [4.78, 5) is 33.8. The first kappa shape index (κ1) is 23.5. The van der Waals surface area contributed by atoms with Gasteiger partial charge in [-0.05, 0) is 55.3 Å². The fourth-order valence-electron chi connectivity index (χ4n) is 3.94. The SMILES string of the molecule is CCOC(=O)C1=C(C)N=c2sc(=Cc3cccc(OC)c3)c(=O)n2[C@H]1c1ccc(N(C)C)cc1. The summed E-state index contributed by atoms with van der Waals surface area (Å²) in [7, 11) is 5.53. The highest BCUT2D eigenvalue weighted by Crippen LogP contribution is 2.31. The molecule has 7 nitrogen and oxygen atoms in total. The van der Waals surface area contributed by atoms with E-state index in [0.29, 0.717) is 26.4 Å². The van der Waals surface area contributed by atoms with E-state index in [0.717, 1.165) is 16.8 Å². The lowest BCUT2D eigenvalue weighted by atomic mass is 9.95. The van der Waals surface area contributed by atoms with Crippen molar-refractivity contribution in [2.24, 2.45) is 4.99 Å². The van der Waals surface area contributed by atoms with Crippen molar-refractivity contribution in [1.29, 1.82) is 0 Å². The first-order chi connectivity index (χ1) is 16.3. The zero-order chi connectivity index (χ0) is 24.4. The fourth-order valence-corrected chi connectivity index (χ4v) is 4.99. The first-order valence-corrected chi connectivity index (χ1v) is 11.8. The van der Waals surface area contributed by atoms with Crippen molar-refractivity contribution in [2.45, 2.75) is 19.9 Å². The molecule has 4 rings (SSSR count). The van der Waals surface area contributed by atoms with Crippen molar-refractivity contribution in [3.63, 3.8) is 0 Å². The van der Waals surface area contributed by atoms with E-state index in [4.69, 9.17) is 9.47 Å². The molecule has 34 heavy (non-hydrogen) atoms. The maximum atomic E-state index is 13.6. The van der Waals surface area contributed by atoms with E-state index >= 15 is 0 Å². The van der Waals surface area contributed by atoms with Crippen LogP contribution in [0.15, 0.2) is 69.6 Å². The molecule has 0 fully saturated rings. The van der Waals surface area contributed by atoms with Crippen molar-refractivity contribution in [3.05, 3.63) is 90.6 Å². The number of nitrogens with zero attached hydrogens (tertiary/aromatic N) is 3. The van der Waals surface area contributed by atoms with Crippen LogP contribution in [0.1, 0.15) is 31.0 Å². The number of hydrogen-bond donors (Lipinski definition) is 0. The smallest absolute Gasteiger partial charge is 0.338 e. The molecule has 0 amide bonds. The van der Waals surface area contributed by atoms with Crippen LogP contribution >= 0.6 is 11.3 Å². The Bertz CT molecular complexity index is 1430. The van der Waals surface area contributed by atoms with Gasteiger partial charge in [0.2, 0.25) is 0 Å². The van der Waals surface area contributed by atoms with E-state index in [2.05, 4.69) is 4.99 Å². The molecule has 1 aliphatic rings. The number of rotatable bonds is 6. The van der Waals surface area contributed by atoms with Crippen LogP contribution in [0.3, 0.4) is 0 Å². The molecule has 0 radical (unpaired) electrons. The molecule has 0 saturated heterocycles. The molecule has 0 N–H and O–H groups in total. The number of carbonyl (C=O) groups is 1. The maximum Gasteiger partial charge on any atom is 0.338 e. The lowest BCUT2D eigenvalue weighted by molar-refractivity contribution is -0.139. The van der Waals surface area contributed by atoms with E-state index in [1.54, 1.807) is 25.5 Å². The predicted octanol–water partition coefficient (Wildman–Crippen LogP) is 2.87. The summed E-state index contributed by atoms with van der Waals surface area (Å²) >= 11 is 1.30. The van der Waals surface area contributed by atoms with Crippen LogP contribution in [-0.2, 0) is 9.53 Å². The standard InChI is InChI=1S/C26H27N3O4S/c1-6-33-25(31)22-16(2)27-26-29(23(22)18-10-12-19(13-11-18)28(3)4)24(30)21(34-26)15-17-8-7-9-20(14-17)32-5/h7-15,23H,6H2,1-5H3/t23-/m0/s1. The van der Waals surface area contributed by atoms with E-state index in [9.17, 15) is 9.59 Å². The van der Waals surface area contributed by atoms with Gasteiger partial charge in [0.1, 0.15) is 5.75 Å². The Morgan fingerprint density at radius 1 is 1.21 bits per heavy atom. The van der Waals surface area contributed by atoms with Crippen LogP contribution in [0.4, 0.5) is 5.69 Å². The molecule has 0 bridgehead atoms. The highest BCUT2D eigenvalue weighted by Gasteiger charge is 2.33. The molecule has 0 aliphatic carbocycles. The summed E-state index contributed by atoms with van der Waals surface area (Å²) in [5.41, 5.74) is 3.40. The number of benzene rings is 2. The third kappa shape index (κ3) is 4.41. The van der Waals surface area contributed by atoms with Gasteiger partial charge < -0.3 is 14.4 Å². The Morgan fingerprint density at radius 2 is 1.94 bits per heavy atom. The molecule has 1 atom stereocenters. The van der Waals surface area contributed by atoms with Gasteiger partial charge in [0.05, 0.1) is 35.6 Å². The van der Waals surface area contributed by atoms with Gasteiger partial charge in [-0.15, -0.1) is 0 Å². The topological polar surface area (TPSA) is 73.1 Å². The molecule has 1 aromatic heterocycles. The number of carbonyl (C=O) groups excluding carboxylic acids is 1. The Labute approximate surface area is 201 Å². The number of esters is 1. The molecule has 2 aromatic carbocycles. The zero-order valence-corrected chi connectivity index (χ0v) is 20.7. The Kier molecular flexibility index (Phi) is 6.70. The number of fused-ring (bicyclic) bond motifs is 1. The van der Waals surface area contributed by atoms with Crippen LogP contribution in [0.5, 0.6) is 5.75 Å². The van der Waals surface area contributed by atoms with Crippen molar-refractivity contribution in [2.75, 3.05) is 32.7 Å². The maximum absolute atomic E-state index is 13.6. The Hall–Kier alpha value is -3.65. The molecule has 8 heteroatoms. The van der Waals surface area contributed by atoms with E-state index in [-0.39, 0.29) is 12.2 Å². The van der Waals surface area contributed by atoms with Crippen molar-refractivity contribution in [1.82, 2.24) is 4.57 Å². The molecule has 1 aliphatic heterocycles. The fraction of sp³-hybridized carbons (Fsp3) is 0.269. The number of thiazole rings is 1. The largest absolute Gasteiger partial charge is 0.497 e. The molecule has 0 spiro atoms. The minimum Gasteiger partial charge on any atom is -0.497 e. The van der Waals surface area contributed by atoms with Crippen molar-refractivity contribution < 1.29 is 14.3 Å². The second-order valence-electron chi connectivity index (χ2n) is 8.06. The summed E-state index contributed by atoms with van der Waals surface area (Å²) in [6.45, 7) is 3.78. The van der Waals surface area contributed by atoms with Gasteiger partial charge in [-0.25, -0.2) is 9.79 Å². The Balaban J connectivity index is 1.92. The molecule has 0 unspecified atom stereocenters. The van der Waals surface area contributed by atoms with E-state index in [1.807, 2.05) is 73.6 Å². The van der Waals surface area contributed by atoms with Gasteiger partial charge in [0.25, 0.3) is 5.56 Å². The second kappa shape index (κ2) is 9.69. The lowest BCUT2D eigenvalue weighted by Crippen LogP contribution is -2.39. The molecule has 3 aromatic rings. The number of anilines is 1. The predicted molar refractivity (Wildman–Crippen MR) is 134 cm³/mol. The highest BCUT2D eigenvalue weighted by atomic mass is 32.1. The summed E-state index contributed by atoms with van der Waals surface area (Å²) in [5, 5.41) is 0. The number of allylic oxidation sites excluding steroid dienone is 1. The second-order valence-corrected chi connectivity index (χ2v) is 9.07. The monoisotopic (exact) mass is 477 g/mol. The van der Waals surface area contributed by atoms with Crippen molar-refractivity contribution >= 4 is 29.1 Å². The third-order valence-electron chi connectivity index (χ3n) is 5.63. The van der Waals surface area contributed by atoms with Crippen LogP contribution in [-0.4, -0.2) is 38.3 Å². The number of aromatic nitrogens is 1. The molecule has 0 saturated carbocycles. The van der Waals surface area contributed by atoms with Crippen LogP contribution in [0.2, 0.25) is 0 Å². The summed E-state index contributed by atoms with van der Waals surface area (Å²) in [6, 6.07) is 14.7. The minimum absolute atomic E-state index is 0.206. The average molecular weight is 478 g/mol. The summed E-state index contributed by atoms with van der Waals surface area (Å²) < 4.78 is 12.8. The van der Waals surface area contributed by atoms with Crippen LogP contribution in [0, 0.1) is 0 Å². The average Bonchev–Trinajstić information content (AvgIpc) is 3.12. The van der Waals surface area contributed by atoms with Gasteiger partial charge in [-0.3, -0.25) is 9.36 Å². The number of methoxy groups -OCH3 is 1. The normalized spacial score (nSPS) is 15.6. The van der Waals surface area contributed by atoms with Crippen LogP contribution < -0.4 is 24.5 Å². The molecule has 176 valence electrons. The lowest BCUT2D eigenvalue weighted by Gasteiger charge is -2.25. The summed E-state index contributed by atoms with van der Waals surface area (Å²) in [5.74, 6) is 0.244. The zero-order valence-electron chi connectivity index (χ0n) is 19.9. The molecular weight excluding hydrogens is 450 g/mol. The van der Waals surface area contributed by atoms with Gasteiger partial charge in [-0.1, -0.05) is 35.6 Å². The quantitative estimate of drug-likeness (QED) is 0.511. The van der Waals surface area contributed by atoms with Gasteiger partial charge >= 0.3 is 5.97 Å². The first-order valence-electron chi connectivity index (χ1n) is 10.9. The van der Waals surface area contributed by atoms with Gasteiger partial charge in [-0.2, -0.15) is 0 Å². The Morgan fingerprint density at radius 3 is 2.59 bits per heavy atom. The third-order valence-corrected chi connectivity index (χ3v) is 6.62. The van der Waals surface area contributed by atoms with E-state index in [1.165, 1.54) is 11.3 Å². The summed E-state index contributed by atoms with van der Waals surface area (Å²) in [6.07, 6.45) is 1.82. The number of ether oxygens (including phenoxy) is 2. The van der Waals surface area contributed by atoms with Crippen molar-refractivity contribution in [3.8, 4) is 5.75 Å². The van der Waals surface area contributed by atoms with E-state index < -0.39 is 12.0 Å². The minimum atomic E-state index is -0.626.